The van der Waals surface area contributed by atoms with Crippen LogP contribution >= 0.6 is 23.2 Å². The number of hydrogen-bond acceptors (Lipinski definition) is 3. The SMILES string of the molecule is CC(c1ccc(Cl)c(Cl)c1)N1CCOC(CN)C1. The monoisotopic (exact) mass is 288 g/mol. The molecule has 100 valence electrons. The van der Waals surface area contributed by atoms with Crippen LogP contribution in [0.3, 0.4) is 0 Å². The Balaban J connectivity index is 2.10. The van der Waals surface area contributed by atoms with E-state index in [1.165, 1.54) is 5.56 Å². The Bertz CT molecular complexity index is 414. The molecule has 3 nitrogen and oxygen atoms in total. The van der Waals surface area contributed by atoms with Gasteiger partial charge in [0.1, 0.15) is 0 Å². The summed E-state index contributed by atoms with van der Waals surface area (Å²) in [7, 11) is 0. The maximum Gasteiger partial charge on any atom is 0.0824 e. The van der Waals surface area contributed by atoms with Gasteiger partial charge in [0.2, 0.25) is 0 Å². The normalized spacial score (nSPS) is 23.0. The minimum absolute atomic E-state index is 0.129. The number of benzene rings is 1. The minimum atomic E-state index is 0.129. The quantitative estimate of drug-likeness (QED) is 0.930. The van der Waals surface area contributed by atoms with E-state index in [1.54, 1.807) is 0 Å². The van der Waals surface area contributed by atoms with Crippen LogP contribution < -0.4 is 5.73 Å². The van der Waals surface area contributed by atoms with Gasteiger partial charge in [-0.3, -0.25) is 4.90 Å². The second-order valence-corrected chi connectivity index (χ2v) is 5.39. The van der Waals surface area contributed by atoms with E-state index < -0.39 is 0 Å². The Morgan fingerprint density at radius 2 is 2.22 bits per heavy atom. The lowest BCUT2D eigenvalue weighted by Crippen LogP contribution is -2.46. The molecule has 5 heteroatoms. The molecular weight excluding hydrogens is 271 g/mol. The molecule has 0 spiro atoms. The van der Waals surface area contributed by atoms with Gasteiger partial charge >= 0.3 is 0 Å². The molecule has 1 aromatic rings. The van der Waals surface area contributed by atoms with Crippen molar-refractivity contribution in [3.05, 3.63) is 33.8 Å². The van der Waals surface area contributed by atoms with Gasteiger partial charge in [0.15, 0.2) is 0 Å². The van der Waals surface area contributed by atoms with Crippen LogP contribution in [0.4, 0.5) is 0 Å². The Hall–Kier alpha value is -0.320. The zero-order valence-corrected chi connectivity index (χ0v) is 11.9. The van der Waals surface area contributed by atoms with Crippen LogP contribution in [0.25, 0.3) is 0 Å². The topological polar surface area (TPSA) is 38.5 Å². The van der Waals surface area contributed by atoms with Gasteiger partial charge in [0, 0.05) is 25.7 Å². The molecule has 1 saturated heterocycles. The Morgan fingerprint density at radius 1 is 1.44 bits per heavy atom. The largest absolute Gasteiger partial charge is 0.374 e. The van der Waals surface area contributed by atoms with Crippen LogP contribution in [0.1, 0.15) is 18.5 Å². The van der Waals surface area contributed by atoms with Gasteiger partial charge in [-0.2, -0.15) is 0 Å². The zero-order chi connectivity index (χ0) is 13.1. The molecule has 1 aliphatic heterocycles. The van der Waals surface area contributed by atoms with Crippen LogP contribution in [0.5, 0.6) is 0 Å². The molecule has 1 aromatic carbocycles. The first-order valence-corrected chi connectivity index (χ1v) is 6.88. The molecule has 0 amide bonds. The highest BCUT2D eigenvalue weighted by molar-refractivity contribution is 6.42. The standard InChI is InChI=1S/C13H18Cl2N2O/c1-9(10-2-3-12(14)13(15)6-10)17-4-5-18-11(7-16)8-17/h2-3,6,9,11H,4-5,7-8,16H2,1H3. The average Bonchev–Trinajstić information content (AvgIpc) is 2.41. The minimum Gasteiger partial charge on any atom is -0.374 e. The van der Waals surface area contributed by atoms with Crippen molar-refractivity contribution < 1.29 is 4.74 Å². The summed E-state index contributed by atoms with van der Waals surface area (Å²) in [6, 6.07) is 6.09. The van der Waals surface area contributed by atoms with Crippen LogP contribution in [-0.4, -0.2) is 37.2 Å². The number of nitrogens with zero attached hydrogens (tertiary/aromatic N) is 1. The molecule has 0 aliphatic carbocycles. The van der Waals surface area contributed by atoms with Crippen molar-refractivity contribution >= 4 is 23.2 Å². The smallest absolute Gasteiger partial charge is 0.0824 e. The Morgan fingerprint density at radius 3 is 2.89 bits per heavy atom. The molecule has 0 saturated carbocycles. The van der Waals surface area contributed by atoms with Gasteiger partial charge in [-0.25, -0.2) is 0 Å². The molecule has 1 fully saturated rings. The lowest BCUT2D eigenvalue weighted by Gasteiger charge is -2.36. The van der Waals surface area contributed by atoms with Gasteiger partial charge in [-0.05, 0) is 24.6 Å². The van der Waals surface area contributed by atoms with Gasteiger partial charge < -0.3 is 10.5 Å². The summed E-state index contributed by atoms with van der Waals surface area (Å²) in [5.41, 5.74) is 6.83. The third kappa shape index (κ3) is 3.16. The number of halogens is 2. The van der Waals surface area contributed by atoms with Crippen molar-refractivity contribution in [2.24, 2.45) is 5.73 Å². The molecule has 2 unspecified atom stereocenters. The van der Waals surface area contributed by atoms with E-state index >= 15 is 0 Å². The van der Waals surface area contributed by atoms with E-state index in [0.717, 1.165) is 19.7 Å². The molecule has 18 heavy (non-hydrogen) atoms. The average molecular weight is 289 g/mol. The molecule has 2 atom stereocenters. The number of ether oxygens (including phenoxy) is 1. The van der Waals surface area contributed by atoms with Crippen LogP contribution in [-0.2, 0) is 4.74 Å². The van der Waals surface area contributed by atoms with Crippen molar-refractivity contribution in [1.82, 2.24) is 4.90 Å². The summed E-state index contributed by atoms with van der Waals surface area (Å²) in [5.74, 6) is 0. The first-order chi connectivity index (χ1) is 8.61. The van der Waals surface area contributed by atoms with Gasteiger partial charge in [-0.1, -0.05) is 29.3 Å². The van der Waals surface area contributed by atoms with Gasteiger partial charge in [0.05, 0.1) is 22.8 Å². The Kier molecular flexibility index (Phi) is 4.87. The van der Waals surface area contributed by atoms with E-state index in [-0.39, 0.29) is 12.1 Å². The summed E-state index contributed by atoms with van der Waals surface area (Å²) >= 11 is 12.0. The lowest BCUT2D eigenvalue weighted by molar-refractivity contribution is -0.0364. The molecule has 2 rings (SSSR count). The second kappa shape index (κ2) is 6.22. The molecule has 0 aromatic heterocycles. The molecule has 1 heterocycles. The summed E-state index contributed by atoms with van der Waals surface area (Å²) in [6.07, 6.45) is 0.129. The van der Waals surface area contributed by atoms with Crippen molar-refractivity contribution in [1.29, 1.82) is 0 Å². The van der Waals surface area contributed by atoms with Crippen LogP contribution in [0, 0.1) is 0 Å². The fourth-order valence-electron chi connectivity index (χ4n) is 2.22. The van der Waals surface area contributed by atoms with Crippen molar-refractivity contribution in [3.8, 4) is 0 Å². The second-order valence-electron chi connectivity index (χ2n) is 4.57. The highest BCUT2D eigenvalue weighted by Crippen LogP contribution is 2.28. The number of hydrogen-bond donors (Lipinski definition) is 1. The van der Waals surface area contributed by atoms with E-state index in [2.05, 4.69) is 11.8 Å². The maximum absolute atomic E-state index is 6.06. The number of rotatable bonds is 3. The zero-order valence-electron chi connectivity index (χ0n) is 10.4. The summed E-state index contributed by atoms with van der Waals surface area (Å²) in [4.78, 5) is 2.36. The van der Waals surface area contributed by atoms with E-state index in [1.807, 2.05) is 18.2 Å². The van der Waals surface area contributed by atoms with Crippen molar-refractivity contribution in [2.75, 3.05) is 26.2 Å². The number of morpholine rings is 1. The summed E-state index contributed by atoms with van der Waals surface area (Å²) in [5, 5.41) is 1.19. The predicted molar refractivity (Wildman–Crippen MR) is 75.2 cm³/mol. The third-order valence-corrected chi connectivity index (χ3v) is 4.15. The molecule has 2 N–H and O–H groups in total. The van der Waals surface area contributed by atoms with Crippen LogP contribution in [0.2, 0.25) is 10.0 Å². The van der Waals surface area contributed by atoms with Crippen molar-refractivity contribution in [3.63, 3.8) is 0 Å². The van der Waals surface area contributed by atoms with E-state index in [9.17, 15) is 0 Å². The number of nitrogens with two attached hydrogens (primary N) is 1. The fraction of sp³-hybridized carbons (Fsp3) is 0.538. The van der Waals surface area contributed by atoms with Crippen molar-refractivity contribution in [2.45, 2.75) is 19.1 Å². The highest BCUT2D eigenvalue weighted by Gasteiger charge is 2.24. The highest BCUT2D eigenvalue weighted by atomic mass is 35.5. The molecule has 0 radical (unpaired) electrons. The van der Waals surface area contributed by atoms with E-state index in [0.29, 0.717) is 16.6 Å². The first-order valence-electron chi connectivity index (χ1n) is 6.12. The van der Waals surface area contributed by atoms with Gasteiger partial charge in [0.25, 0.3) is 0 Å². The van der Waals surface area contributed by atoms with Crippen LogP contribution in [0.15, 0.2) is 18.2 Å². The molecular formula is C13H18Cl2N2O. The third-order valence-electron chi connectivity index (χ3n) is 3.41. The summed E-state index contributed by atoms with van der Waals surface area (Å²) in [6.45, 7) is 5.23. The molecule has 0 bridgehead atoms. The fourth-order valence-corrected chi connectivity index (χ4v) is 2.53. The molecule has 1 aliphatic rings. The predicted octanol–water partition coefficient (Wildman–Crippen LogP) is 2.71. The first kappa shape index (κ1) is 14.1. The Labute approximate surface area is 118 Å². The van der Waals surface area contributed by atoms with E-state index in [4.69, 9.17) is 33.7 Å². The summed E-state index contributed by atoms with van der Waals surface area (Å²) < 4.78 is 5.57. The lowest BCUT2D eigenvalue weighted by atomic mass is 10.1. The van der Waals surface area contributed by atoms with Gasteiger partial charge in [-0.15, -0.1) is 0 Å². The maximum atomic E-state index is 6.06.